The zero-order valence-electron chi connectivity index (χ0n) is 8.81. The first-order valence-corrected chi connectivity index (χ1v) is 5.35. The second-order valence-electron chi connectivity index (χ2n) is 3.58. The fraction of sp³-hybridized carbons (Fsp3) is 0. The summed E-state index contributed by atoms with van der Waals surface area (Å²) in [5.74, 6) is -1.39. The maximum Gasteiger partial charge on any atom is 0.186 e. The minimum Gasteiger partial charge on any atom is -0.210 e. The number of hydrogen-bond donors (Lipinski definition) is 0. The van der Waals surface area contributed by atoms with Crippen LogP contribution in [-0.4, -0.2) is 20.0 Å². The fourth-order valence-corrected chi connectivity index (χ4v) is 1.82. The molecule has 0 fully saturated rings. The summed E-state index contributed by atoms with van der Waals surface area (Å²) in [5, 5.41) is 12.4. The lowest BCUT2D eigenvalue weighted by Gasteiger charge is -2.03. The summed E-state index contributed by atoms with van der Waals surface area (Å²) in [6, 6.07) is 3.20. The second kappa shape index (κ2) is 3.99. The third-order valence-electron chi connectivity index (χ3n) is 2.46. The monoisotopic (exact) mass is 266 g/mol. The molecule has 0 saturated heterocycles. The van der Waals surface area contributed by atoms with Crippen LogP contribution in [0.2, 0.25) is 5.02 Å². The van der Waals surface area contributed by atoms with Gasteiger partial charge < -0.3 is 0 Å². The second-order valence-corrected chi connectivity index (χ2v) is 3.99. The van der Waals surface area contributed by atoms with Gasteiger partial charge in [-0.2, -0.15) is 10.2 Å². The molecule has 18 heavy (non-hydrogen) atoms. The average molecular weight is 267 g/mol. The molecule has 0 aliphatic carbocycles. The van der Waals surface area contributed by atoms with E-state index in [0.717, 1.165) is 12.1 Å². The van der Waals surface area contributed by atoms with Crippen molar-refractivity contribution < 1.29 is 8.78 Å². The fourth-order valence-electron chi connectivity index (χ4n) is 1.64. The first-order valence-electron chi connectivity index (χ1n) is 4.97. The van der Waals surface area contributed by atoms with E-state index >= 15 is 0 Å². The van der Waals surface area contributed by atoms with Gasteiger partial charge in [0.05, 0.1) is 22.8 Å². The predicted molar refractivity (Wildman–Crippen MR) is 61.6 cm³/mol. The molecule has 2 heterocycles. The van der Waals surface area contributed by atoms with E-state index in [9.17, 15) is 8.78 Å². The maximum atomic E-state index is 13.7. The molecule has 4 nitrogen and oxygen atoms in total. The van der Waals surface area contributed by atoms with Gasteiger partial charge in [0, 0.05) is 6.07 Å². The minimum absolute atomic E-state index is 0.0861. The van der Waals surface area contributed by atoms with Crippen LogP contribution in [0.3, 0.4) is 0 Å². The van der Waals surface area contributed by atoms with Crippen molar-refractivity contribution in [2.45, 2.75) is 0 Å². The van der Waals surface area contributed by atoms with Crippen molar-refractivity contribution in [1.29, 1.82) is 0 Å². The van der Waals surface area contributed by atoms with E-state index in [-0.39, 0.29) is 5.69 Å². The van der Waals surface area contributed by atoms with E-state index < -0.39 is 11.6 Å². The Hall–Kier alpha value is -2.08. The van der Waals surface area contributed by atoms with Crippen molar-refractivity contribution in [2.24, 2.45) is 0 Å². The van der Waals surface area contributed by atoms with Gasteiger partial charge in [-0.05, 0) is 12.1 Å². The van der Waals surface area contributed by atoms with Crippen LogP contribution < -0.4 is 0 Å². The Balaban J connectivity index is 2.29. The molecule has 0 amide bonds. The number of benzene rings is 1. The molecular formula is C11H5ClF2N4. The van der Waals surface area contributed by atoms with Gasteiger partial charge in [0.1, 0.15) is 11.5 Å². The van der Waals surface area contributed by atoms with E-state index in [1.807, 2.05) is 0 Å². The lowest BCUT2D eigenvalue weighted by molar-refractivity contribution is 0.574. The van der Waals surface area contributed by atoms with Crippen molar-refractivity contribution in [1.82, 2.24) is 20.0 Å². The first kappa shape index (κ1) is 11.0. The number of hydrogen-bond acceptors (Lipinski definition) is 3. The molecule has 0 aliphatic rings. The summed E-state index contributed by atoms with van der Waals surface area (Å²) < 4.78 is 27.7. The molecule has 3 rings (SSSR count). The number of rotatable bonds is 1. The highest BCUT2D eigenvalue weighted by Gasteiger charge is 2.13. The lowest BCUT2D eigenvalue weighted by Crippen LogP contribution is -2.01. The molecule has 7 heteroatoms. The molecule has 0 radical (unpaired) electrons. The van der Waals surface area contributed by atoms with Crippen molar-refractivity contribution in [3.63, 3.8) is 0 Å². The summed E-state index contributed by atoms with van der Waals surface area (Å²) in [7, 11) is 0. The summed E-state index contributed by atoms with van der Waals surface area (Å²) in [5.41, 5.74) is 0.399. The van der Waals surface area contributed by atoms with Crippen LogP contribution in [-0.2, 0) is 0 Å². The molecule has 0 atom stereocenters. The van der Waals surface area contributed by atoms with Crippen molar-refractivity contribution in [3.8, 4) is 5.69 Å². The minimum atomic E-state index is -0.734. The Morgan fingerprint density at radius 1 is 1.17 bits per heavy atom. The number of halogens is 3. The van der Waals surface area contributed by atoms with Crippen molar-refractivity contribution in [3.05, 3.63) is 47.2 Å². The molecule has 0 saturated carbocycles. The van der Waals surface area contributed by atoms with E-state index in [4.69, 9.17) is 11.6 Å². The van der Waals surface area contributed by atoms with Crippen LogP contribution >= 0.6 is 11.6 Å². The van der Waals surface area contributed by atoms with Crippen LogP contribution in [0.15, 0.2) is 30.6 Å². The Morgan fingerprint density at radius 2 is 2.00 bits per heavy atom. The Kier molecular flexibility index (Phi) is 2.45. The molecule has 0 aliphatic heterocycles. The quantitative estimate of drug-likeness (QED) is 0.680. The number of nitrogens with zero attached hydrogens (tertiary/aromatic N) is 4. The highest BCUT2D eigenvalue weighted by molar-refractivity contribution is 6.34. The van der Waals surface area contributed by atoms with E-state index in [1.54, 1.807) is 0 Å². The normalized spacial score (nSPS) is 11.1. The van der Waals surface area contributed by atoms with Crippen LogP contribution in [0, 0.1) is 11.6 Å². The zero-order chi connectivity index (χ0) is 12.7. The first-order chi connectivity index (χ1) is 8.66. The van der Waals surface area contributed by atoms with Crippen LogP contribution in [0.4, 0.5) is 8.78 Å². The van der Waals surface area contributed by atoms with Gasteiger partial charge in [-0.25, -0.2) is 13.5 Å². The molecule has 2 aromatic heterocycles. The van der Waals surface area contributed by atoms with Gasteiger partial charge in [0.2, 0.25) is 0 Å². The standard InChI is InChI=1S/C11H5ClF2N4/c12-8-5-15-17-11-7(8)4-16-18(11)10-2-1-6(13)3-9(10)14/h1-5H. The van der Waals surface area contributed by atoms with Crippen molar-refractivity contribution in [2.75, 3.05) is 0 Å². The molecule has 0 unspecified atom stereocenters. The third-order valence-corrected chi connectivity index (χ3v) is 2.76. The average Bonchev–Trinajstić information content (AvgIpc) is 2.74. The van der Waals surface area contributed by atoms with E-state index in [2.05, 4.69) is 15.3 Å². The summed E-state index contributed by atoms with van der Waals surface area (Å²) in [4.78, 5) is 0. The molecular weight excluding hydrogens is 262 g/mol. The highest BCUT2D eigenvalue weighted by atomic mass is 35.5. The summed E-state index contributed by atoms with van der Waals surface area (Å²) in [6.45, 7) is 0. The zero-order valence-corrected chi connectivity index (χ0v) is 9.57. The van der Waals surface area contributed by atoms with E-state index in [1.165, 1.54) is 23.1 Å². The van der Waals surface area contributed by atoms with E-state index in [0.29, 0.717) is 16.1 Å². The summed E-state index contributed by atoms with van der Waals surface area (Å²) in [6.07, 6.45) is 2.83. The SMILES string of the molecule is Fc1ccc(-n2ncc3c(Cl)cnnc32)c(F)c1. The topological polar surface area (TPSA) is 43.6 Å². The molecule has 0 bridgehead atoms. The molecule has 1 aromatic carbocycles. The molecule has 0 N–H and O–H groups in total. The van der Waals surface area contributed by atoms with Crippen LogP contribution in [0.25, 0.3) is 16.7 Å². The van der Waals surface area contributed by atoms with Crippen LogP contribution in [0.5, 0.6) is 0 Å². The third kappa shape index (κ3) is 1.62. The van der Waals surface area contributed by atoms with Gasteiger partial charge in [-0.15, -0.1) is 5.10 Å². The Morgan fingerprint density at radius 3 is 2.78 bits per heavy atom. The van der Waals surface area contributed by atoms with Gasteiger partial charge in [-0.1, -0.05) is 11.6 Å². The molecule has 3 aromatic rings. The van der Waals surface area contributed by atoms with Crippen LogP contribution in [0.1, 0.15) is 0 Å². The molecule has 0 spiro atoms. The Labute approximate surface area is 105 Å². The number of fused-ring (bicyclic) bond motifs is 1. The maximum absolute atomic E-state index is 13.7. The Bertz CT molecular complexity index is 741. The number of aromatic nitrogens is 4. The smallest absolute Gasteiger partial charge is 0.186 e. The lowest BCUT2D eigenvalue weighted by atomic mass is 10.3. The van der Waals surface area contributed by atoms with Gasteiger partial charge >= 0.3 is 0 Å². The predicted octanol–water partition coefficient (Wildman–Crippen LogP) is 2.75. The largest absolute Gasteiger partial charge is 0.210 e. The van der Waals surface area contributed by atoms with Gasteiger partial charge in [0.15, 0.2) is 11.5 Å². The summed E-state index contributed by atoms with van der Waals surface area (Å²) >= 11 is 5.91. The van der Waals surface area contributed by atoms with Gasteiger partial charge in [-0.3, -0.25) is 0 Å². The van der Waals surface area contributed by atoms with Crippen molar-refractivity contribution >= 4 is 22.6 Å². The van der Waals surface area contributed by atoms with Gasteiger partial charge in [0.25, 0.3) is 0 Å². The molecule has 90 valence electrons. The highest BCUT2D eigenvalue weighted by Crippen LogP contribution is 2.23.